The Kier molecular flexibility index (Phi) is 6.33. The Hall–Kier alpha value is -1.71. The summed E-state index contributed by atoms with van der Waals surface area (Å²) in [5, 5.41) is 6.06. The third-order valence-corrected chi connectivity index (χ3v) is 5.39. The number of carbonyl (C=O) groups is 1. The fraction of sp³-hybridized carbons (Fsp3) is 0.556. The molecule has 2 atom stereocenters. The van der Waals surface area contributed by atoms with Crippen LogP contribution in [-0.4, -0.2) is 55.3 Å². The minimum Gasteiger partial charge on any atom is -0.378 e. The first kappa shape index (κ1) is 20.0. The molecule has 2 amide bonds. The number of hydrogen-bond acceptors (Lipinski definition) is 4. The summed E-state index contributed by atoms with van der Waals surface area (Å²) in [6.45, 7) is 3.40. The number of piperidine rings is 1. The topological polar surface area (TPSA) is 53.6 Å². The molecule has 0 spiro atoms. The summed E-state index contributed by atoms with van der Waals surface area (Å²) in [7, 11) is 0. The number of urea groups is 1. The molecule has 27 heavy (non-hydrogen) atoms. The van der Waals surface area contributed by atoms with Gasteiger partial charge >= 0.3 is 12.2 Å². The highest BCUT2D eigenvalue weighted by Crippen LogP contribution is 2.32. The number of benzene rings is 1. The van der Waals surface area contributed by atoms with E-state index >= 15 is 0 Å². The fourth-order valence-corrected chi connectivity index (χ4v) is 3.66. The summed E-state index contributed by atoms with van der Waals surface area (Å²) in [5.41, 5.74) is 0.183. The van der Waals surface area contributed by atoms with E-state index in [4.69, 9.17) is 17.0 Å². The number of nitrogens with zero attached hydrogens (tertiary/aromatic N) is 1. The minimum atomic E-state index is -4.34. The van der Waals surface area contributed by atoms with Gasteiger partial charge in [0.1, 0.15) is 0 Å². The van der Waals surface area contributed by atoms with Crippen molar-refractivity contribution in [3.8, 4) is 0 Å². The van der Waals surface area contributed by atoms with Crippen LogP contribution in [0.15, 0.2) is 24.3 Å². The number of alkyl halides is 3. The van der Waals surface area contributed by atoms with E-state index in [1.807, 2.05) is 0 Å². The highest BCUT2D eigenvalue weighted by molar-refractivity contribution is 7.80. The lowest BCUT2D eigenvalue weighted by Crippen LogP contribution is -2.50. The van der Waals surface area contributed by atoms with Crippen molar-refractivity contribution in [1.82, 2.24) is 15.5 Å². The smallest absolute Gasteiger partial charge is 0.378 e. The largest absolute Gasteiger partial charge is 0.416 e. The average Bonchev–Trinajstić information content (AvgIpc) is 2.68. The Labute approximate surface area is 161 Å². The van der Waals surface area contributed by atoms with E-state index < -0.39 is 11.7 Å². The standard InChI is InChI=1S/C18H22F3N3O2S/c19-18(20,21)15-3-1-12(2-4-15)13-9-14(11-22-10-13)16(27)23-17(25)24-5-7-26-8-6-24/h1-4,13-14,22H,5-11H2,(H,23,25,27). The molecule has 2 heterocycles. The Morgan fingerprint density at radius 3 is 2.48 bits per heavy atom. The van der Waals surface area contributed by atoms with Gasteiger partial charge in [0.2, 0.25) is 0 Å². The maximum Gasteiger partial charge on any atom is 0.416 e. The average molecular weight is 401 g/mol. The SMILES string of the molecule is O=C(NC(=S)C1CNCC(c2ccc(C(F)(F)F)cc2)C1)N1CCOCC1. The number of carbonyl (C=O) groups excluding carboxylic acids is 1. The van der Waals surface area contributed by atoms with E-state index in [1.165, 1.54) is 12.1 Å². The molecule has 2 N–H and O–H groups in total. The van der Waals surface area contributed by atoms with Gasteiger partial charge in [0.25, 0.3) is 0 Å². The van der Waals surface area contributed by atoms with E-state index in [-0.39, 0.29) is 17.9 Å². The van der Waals surface area contributed by atoms with Crippen LogP contribution < -0.4 is 10.6 Å². The molecule has 0 radical (unpaired) electrons. The van der Waals surface area contributed by atoms with E-state index in [1.54, 1.807) is 4.90 Å². The molecule has 3 rings (SSSR count). The zero-order valence-electron chi connectivity index (χ0n) is 14.7. The second-order valence-electron chi connectivity index (χ2n) is 6.80. The Morgan fingerprint density at radius 1 is 1.19 bits per heavy atom. The summed E-state index contributed by atoms with van der Waals surface area (Å²) in [6, 6.07) is 5.04. The normalized spacial score (nSPS) is 23.7. The first-order valence-corrected chi connectivity index (χ1v) is 9.31. The Bertz CT molecular complexity index is 675. The molecule has 0 saturated carbocycles. The monoisotopic (exact) mass is 401 g/mol. The molecular formula is C18H22F3N3O2S. The lowest BCUT2D eigenvalue weighted by atomic mass is 9.85. The van der Waals surface area contributed by atoms with E-state index in [2.05, 4.69) is 10.6 Å². The van der Waals surface area contributed by atoms with E-state index in [0.29, 0.717) is 50.8 Å². The number of thiocarbonyl (C=S) groups is 1. The van der Waals surface area contributed by atoms with Gasteiger partial charge in [0, 0.05) is 32.1 Å². The van der Waals surface area contributed by atoms with Crippen molar-refractivity contribution in [2.24, 2.45) is 5.92 Å². The van der Waals surface area contributed by atoms with Crippen molar-refractivity contribution in [2.45, 2.75) is 18.5 Å². The summed E-state index contributed by atoms with van der Waals surface area (Å²) in [5.74, 6) is -0.00435. The Morgan fingerprint density at radius 2 is 1.85 bits per heavy atom. The van der Waals surface area contributed by atoms with Crippen molar-refractivity contribution in [2.75, 3.05) is 39.4 Å². The third kappa shape index (κ3) is 5.18. The zero-order chi connectivity index (χ0) is 19.4. The molecule has 2 fully saturated rings. The van der Waals surface area contributed by atoms with Crippen molar-refractivity contribution in [3.63, 3.8) is 0 Å². The predicted molar refractivity (Wildman–Crippen MR) is 98.7 cm³/mol. The van der Waals surface area contributed by atoms with Crippen molar-refractivity contribution < 1.29 is 22.7 Å². The number of halogens is 3. The molecule has 2 saturated heterocycles. The molecule has 0 aliphatic carbocycles. The van der Waals surface area contributed by atoms with Gasteiger partial charge in [0.05, 0.1) is 23.8 Å². The van der Waals surface area contributed by atoms with Crippen LogP contribution in [0.4, 0.5) is 18.0 Å². The number of nitrogens with one attached hydrogen (secondary N) is 2. The van der Waals surface area contributed by atoms with Crippen molar-refractivity contribution in [3.05, 3.63) is 35.4 Å². The molecule has 1 aromatic rings. The summed E-state index contributed by atoms with van der Waals surface area (Å²) < 4.78 is 43.4. The zero-order valence-corrected chi connectivity index (χ0v) is 15.5. The molecule has 2 aliphatic heterocycles. The molecule has 2 aliphatic rings. The highest BCUT2D eigenvalue weighted by atomic mass is 32.1. The van der Waals surface area contributed by atoms with Crippen molar-refractivity contribution >= 4 is 23.2 Å². The third-order valence-electron chi connectivity index (χ3n) is 4.96. The van der Waals surface area contributed by atoms with E-state index in [9.17, 15) is 18.0 Å². The first-order valence-electron chi connectivity index (χ1n) is 8.90. The van der Waals surface area contributed by atoms with Crippen LogP contribution in [0.5, 0.6) is 0 Å². The van der Waals surface area contributed by atoms with Gasteiger partial charge in [-0.3, -0.25) is 0 Å². The quantitative estimate of drug-likeness (QED) is 0.749. The first-order chi connectivity index (χ1) is 12.8. The predicted octanol–water partition coefficient (Wildman–Crippen LogP) is 2.77. The van der Waals surface area contributed by atoms with Crippen LogP contribution in [-0.2, 0) is 10.9 Å². The van der Waals surface area contributed by atoms with Crippen LogP contribution in [0.3, 0.4) is 0 Å². The summed E-state index contributed by atoms with van der Waals surface area (Å²) >= 11 is 5.41. The van der Waals surface area contributed by atoms with Crippen LogP contribution in [0, 0.1) is 5.92 Å². The molecule has 0 bridgehead atoms. The molecule has 148 valence electrons. The van der Waals surface area contributed by atoms with Gasteiger partial charge in [-0.25, -0.2) is 4.79 Å². The lowest BCUT2D eigenvalue weighted by Gasteiger charge is -2.32. The minimum absolute atomic E-state index is 0.0456. The van der Waals surface area contributed by atoms with Gasteiger partial charge in [-0.1, -0.05) is 24.4 Å². The molecule has 5 nitrogen and oxygen atoms in total. The maximum atomic E-state index is 12.7. The molecule has 0 aromatic heterocycles. The second kappa shape index (κ2) is 8.53. The number of amides is 2. The number of hydrogen-bond donors (Lipinski definition) is 2. The number of ether oxygens (including phenoxy) is 1. The van der Waals surface area contributed by atoms with Crippen LogP contribution in [0.1, 0.15) is 23.5 Å². The van der Waals surface area contributed by atoms with Gasteiger partial charge in [-0.2, -0.15) is 13.2 Å². The number of rotatable bonds is 2. The molecule has 2 unspecified atom stereocenters. The van der Waals surface area contributed by atoms with E-state index in [0.717, 1.165) is 17.7 Å². The van der Waals surface area contributed by atoms with Crippen molar-refractivity contribution in [1.29, 1.82) is 0 Å². The molecule has 1 aromatic carbocycles. The van der Waals surface area contributed by atoms with Gasteiger partial charge in [-0.15, -0.1) is 0 Å². The van der Waals surface area contributed by atoms with Gasteiger partial charge in [-0.05, 0) is 30.0 Å². The second-order valence-corrected chi connectivity index (χ2v) is 7.24. The highest BCUT2D eigenvalue weighted by Gasteiger charge is 2.31. The number of morpholine rings is 1. The molecular weight excluding hydrogens is 379 g/mol. The summed E-state index contributed by atoms with van der Waals surface area (Å²) in [4.78, 5) is 14.4. The van der Waals surface area contributed by atoms with Gasteiger partial charge < -0.3 is 20.3 Å². The van der Waals surface area contributed by atoms with Gasteiger partial charge in [0.15, 0.2) is 0 Å². The van der Waals surface area contributed by atoms with Crippen LogP contribution >= 0.6 is 12.2 Å². The Balaban J connectivity index is 1.58. The van der Waals surface area contributed by atoms with Crippen LogP contribution in [0.2, 0.25) is 0 Å². The lowest BCUT2D eigenvalue weighted by molar-refractivity contribution is -0.137. The summed E-state index contributed by atoms with van der Waals surface area (Å²) in [6.07, 6.45) is -3.65. The molecule has 9 heteroatoms. The van der Waals surface area contributed by atoms with Crippen LogP contribution in [0.25, 0.3) is 0 Å². The maximum absolute atomic E-state index is 12.7. The fourth-order valence-electron chi connectivity index (χ4n) is 3.39.